The summed E-state index contributed by atoms with van der Waals surface area (Å²) < 4.78 is 5.30. The van der Waals surface area contributed by atoms with Crippen LogP contribution >= 0.6 is 0 Å². The van der Waals surface area contributed by atoms with Crippen molar-refractivity contribution in [1.82, 2.24) is 4.90 Å². The maximum Gasteiger partial charge on any atom is 0.0705 e. The van der Waals surface area contributed by atoms with Gasteiger partial charge in [-0.2, -0.15) is 0 Å². The van der Waals surface area contributed by atoms with Crippen molar-refractivity contribution in [3.63, 3.8) is 0 Å². The quantitative estimate of drug-likeness (QED) is 0.753. The van der Waals surface area contributed by atoms with Crippen molar-refractivity contribution >= 4 is 0 Å². The van der Waals surface area contributed by atoms with E-state index in [-0.39, 0.29) is 6.10 Å². The third-order valence-electron chi connectivity index (χ3n) is 3.58. The largest absolute Gasteiger partial charge is 0.380 e. The van der Waals surface area contributed by atoms with E-state index in [1.54, 1.807) is 7.11 Å². The van der Waals surface area contributed by atoms with Crippen LogP contribution in [0, 0.1) is 5.92 Å². The second-order valence-electron chi connectivity index (χ2n) is 4.91. The molecule has 90 valence electrons. The summed E-state index contributed by atoms with van der Waals surface area (Å²) in [6.07, 6.45) is 4.00. The van der Waals surface area contributed by atoms with Crippen LogP contribution in [0.15, 0.2) is 0 Å². The summed E-state index contributed by atoms with van der Waals surface area (Å²) in [6.45, 7) is 7.67. The SMILES string of the molecule is COC(CN)CCN1CC(C)CCC1C. The molecule has 0 radical (unpaired) electrons. The number of hydrogen-bond acceptors (Lipinski definition) is 3. The van der Waals surface area contributed by atoms with Gasteiger partial charge in [0.05, 0.1) is 6.10 Å². The molecular formula is C12H26N2O. The predicted molar refractivity (Wildman–Crippen MR) is 63.9 cm³/mol. The van der Waals surface area contributed by atoms with Gasteiger partial charge in [0.2, 0.25) is 0 Å². The van der Waals surface area contributed by atoms with Crippen molar-refractivity contribution in [3.05, 3.63) is 0 Å². The van der Waals surface area contributed by atoms with Crippen molar-refractivity contribution in [2.45, 2.75) is 45.3 Å². The lowest BCUT2D eigenvalue weighted by molar-refractivity contribution is 0.0666. The van der Waals surface area contributed by atoms with Crippen molar-refractivity contribution in [3.8, 4) is 0 Å². The zero-order chi connectivity index (χ0) is 11.3. The van der Waals surface area contributed by atoms with Gasteiger partial charge in [-0.25, -0.2) is 0 Å². The van der Waals surface area contributed by atoms with Crippen molar-refractivity contribution in [2.24, 2.45) is 11.7 Å². The van der Waals surface area contributed by atoms with Gasteiger partial charge in [0.15, 0.2) is 0 Å². The Bertz CT molecular complexity index is 171. The molecule has 1 rings (SSSR count). The minimum absolute atomic E-state index is 0.231. The summed E-state index contributed by atoms with van der Waals surface area (Å²) in [6, 6.07) is 0.733. The normalized spacial score (nSPS) is 30.4. The number of nitrogens with two attached hydrogens (primary N) is 1. The Hall–Kier alpha value is -0.120. The van der Waals surface area contributed by atoms with Gasteiger partial charge in [-0.3, -0.25) is 0 Å². The van der Waals surface area contributed by atoms with Crippen LogP contribution < -0.4 is 5.73 Å². The minimum atomic E-state index is 0.231. The average molecular weight is 214 g/mol. The molecule has 0 aromatic heterocycles. The van der Waals surface area contributed by atoms with E-state index in [0.717, 1.165) is 24.9 Å². The van der Waals surface area contributed by atoms with Crippen molar-refractivity contribution in [1.29, 1.82) is 0 Å². The molecule has 15 heavy (non-hydrogen) atoms. The fourth-order valence-corrected chi connectivity index (χ4v) is 2.33. The molecule has 0 aliphatic carbocycles. The van der Waals surface area contributed by atoms with E-state index in [2.05, 4.69) is 18.7 Å². The molecule has 2 N–H and O–H groups in total. The van der Waals surface area contributed by atoms with E-state index < -0.39 is 0 Å². The van der Waals surface area contributed by atoms with E-state index in [1.165, 1.54) is 19.4 Å². The first-order valence-corrected chi connectivity index (χ1v) is 6.14. The highest BCUT2D eigenvalue weighted by atomic mass is 16.5. The number of hydrogen-bond donors (Lipinski definition) is 1. The Balaban J connectivity index is 2.29. The topological polar surface area (TPSA) is 38.5 Å². The highest BCUT2D eigenvalue weighted by molar-refractivity contribution is 4.77. The lowest BCUT2D eigenvalue weighted by Crippen LogP contribution is -2.42. The average Bonchev–Trinajstić information content (AvgIpc) is 2.24. The molecular weight excluding hydrogens is 188 g/mol. The number of rotatable bonds is 5. The van der Waals surface area contributed by atoms with E-state index in [0.29, 0.717) is 6.54 Å². The first kappa shape index (κ1) is 12.9. The molecule has 3 heteroatoms. The van der Waals surface area contributed by atoms with Gasteiger partial charge >= 0.3 is 0 Å². The van der Waals surface area contributed by atoms with Crippen LogP contribution in [0.4, 0.5) is 0 Å². The van der Waals surface area contributed by atoms with Gasteiger partial charge in [-0.05, 0) is 32.1 Å². The van der Waals surface area contributed by atoms with Crippen LogP contribution in [0.3, 0.4) is 0 Å². The molecule has 1 heterocycles. The first-order chi connectivity index (χ1) is 7.17. The minimum Gasteiger partial charge on any atom is -0.380 e. The molecule has 0 aromatic carbocycles. The molecule has 3 atom stereocenters. The molecule has 1 saturated heterocycles. The number of methoxy groups -OCH3 is 1. The monoisotopic (exact) mass is 214 g/mol. The number of nitrogens with zero attached hydrogens (tertiary/aromatic N) is 1. The van der Waals surface area contributed by atoms with Gasteiger partial charge < -0.3 is 15.4 Å². The van der Waals surface area contributed by atoms with Crippen LogP contribution in [0.2, 0.25) is 0 Å². The fourth-order valence-electron chi connectivity index (χ4n) is 2.33. The second kappa shape index (κ2) is 6.46. The van der Waals surface area contributed by atoms with E-state index >= 15 is 0 Å². The van der Waals surface area contributed by atoms with Gasteiger partial charge in [-0.1, -0.05) is 6.92 Å². The molecule has 0 bridgehead atoms. The summed E-state index contributed by atoms with van der Waals surface area (Å²) >= 11 is 0. The fraction of sp³-hybridized carbons (Fsp3) is 1.00. The predicted octanol–water partition coefficient (Wildman–Crippen LogP) is 1.47. The maximum atomic E-state index is 5.62. The van der Waals surface area contributed by atoms with Crippen LogP contribution in [0.5, 0.6) is 0 Å². The Morgan fingerprint density at radius 3 is 2.73 bits per heavy atom. The maximum absolute atomic E-state index is 5.62. The molecule has 1 aliphatic heterocycles. The Labute approximate surface area is 94.0 Å². The zero-order valence-electron chi connectivity index (χ0n) is 10.4. The van der Waals surface area contributed by atoms with Crippen LogP contribution in [0.25, 0.3) is 0 Å². The summed E-state index contributed by atoms with van der Waals surface area (Å²) in [5, 5.41) is 0. The molecule has 0 spiro atoms. The van der Waals surface area contributed by atoms with Crippen LogP contribution in [-0.2, 0) is 4.74 Å². The summed E-state index contributed by atoms with van der Waals surface area (Å²) in [5.74, 6) is 0.847. The van der Waals surface area contributed by atoms with Crippen LogP contribution in [0.1, 0.15) is 33.1 Å². The van der Waals surface area contributed by atoms with E-state index in [9.17, 15) is 0 Å². The molecule has 3 unspecified atom stereocenters. The molecule has 0 saturated carbocycles. The highest BCUT2D eigenvalue weighted by Gasteiger charge is 2.22. The van der Waals surface area contributed by atoms with Gasteiger partial charge in [0.1, 0.15) is 0 Å². The van der Waals surface area contributed by atoms with Gasteiger partial charge in [0, 0.05) is 32.8 Å². The second-order valence-corrected chi connectivity index (χ2v) is 4.91. The van der Waals surface area contributed by atoms with E-state index in [4.69, 9.17) is 10.5 Å². The summed E-state index contributed by atoms with van der Waals surface area (Å²) in [5.41, 5.74) is 5.62. The molecule has 0 amide bonds. The third kappa shape index (κ3) is 4.09. The molecule has 1 aliphatic rings. The van der Waals surface area contributed by atoms with Crippen molar-refractivity contribution in [2.75, 3.05) is 26.7 Å². The Morgan fingerprint density at radius 2 is 2.13 bits per heavy atom. The van der Waals surface area contributed by atoms with Crippen LogP contribution in [-0.4, -0.2) is 43.8 Å². The Morgan fingerprint density at radius 1 is 1.40 bits per heavy atom. The van der Waals surface area contributed by atoms with Crippen molar-refractivity contribution < 1.29 is 4.74 Å². The van der Waals surface area contributed by atoms with Gasteiger partial charge in [-0.15, -0.1) is 0 Å². The molecule has 3 nitrogen and oxygen atoms in total. The summed E-state index contributed by atoms with van der Waals surface area (Å²) in [4.78, 5) is 2.58. The number of likely N-dealkylation sites (tertiary alicyclic amines) is 1. The molecule has 1 fully saturated rings. The molecule has 0 aromatic rings. The zero-order valence-corrected chi connectivity index (χ0v) is 10.4. The lowest BCUT2D eigenvalue weighted by atomic mass is 9.95. The lowest BCUT2D eigenvalue weighted by Gasteiger charge is -2.37. The Kier molecular flexibility index (Phi) is 5.58. The smallest absolute Gasteiger partial charge is 0.0705 e. The van der Waals surface area contributed by atoms with Gasteiger partial charge in [0.25, 0.3) is 0 Å². The standard InChI is InChI=1S/C12H26N2O/c1-10-4-5-11(2)14(9-10)7-6-12(8-13)15-3/h10-12H,4-9,13H2,1-3H3. The first-order valence-electron chi connectivity index (χ1n) is 6.14. The van der Waals surface area contributed by atoms with E-state index in [1.807, 2.05) is 0 Å². The highest BCUT2D eigenvalue weighted by Crippen LogP contribution is 2.21. The third-order valence-corrected chi connectivity index (χ3v) is 3.58. The summed E-state index contributed by atoms with van der Waals surface area (Å²) in [7, 11) is 1.75. The number of piperidine rings is 1. The number of ether oxygens (including phenoxy) is 1.